The summed E-state index contributed by atoms with van der Waals surface area (Å²) in [5.74, 6) is 0.670. The highest BCUT2D eigenvalue weighted by molar-refractivity contribution is 6.19. The Morgan fingerprint density at radius 3 is 1.49 bits per heavy atom. The number of furan rings is 1. The first-order chi connectivity index (χ1) is 31.2. The van der Waals surface area contributed by atoms with E-state index >= 15 is 0 Å². The van der Waals surface area contributed by atoms with Crippen LogP contribution in [0.5, 0.6) is 0 Å². The van der Waals surface area contributed by atoms with Crippen molar-refractivity contribution in [2.45, 2.75) is 0 Å². The fourth-order valence-corrected chi connectivity index (χ4v) is 9.09. The molecule has 0 aliphatic rings. The van der Waals surface area contributed by atoms with Crippen molar-refractivity contribution in [3.63, 3.8) is 0 Å². The maximum atomic E-state index is 6.36. The van der Waals surface area contributed by atoms with Crippen LogP contribution in [-0.2, 0) is 0 Å². The Balaban J connectivity index is 0.974. The molecule has 10 aromatic carbocycles. The third kappa shape index (κ3) is 6.73. The summed E-state index contributed by atoms with van der Waals surface area (Å²) < 4.78 is 6.36. The zero-order valence-electron chi connectivity index (χ0n) is 34.2. The Morgan fingerprint density at radius 1 is 0.270 bits per heavy atom. The van der Waals surface area contributed by atoms with E-state index in [1.807, 2.05) is 6.07 Å². The summed E-state index contributed by atoms with van der Waals surface area (Å²) in [4.78, 5) is 10.4. The van der Waals surface area contributed by atoms with Gasteiger partial charge in [-0.15, -0.1) is 0 Å². The normalized spacial score (nSPS) is 11.5. The Hall–Kier alpha value is -8.40. The fourth-order valence-electron chi connectivity index (χ4n) is 9.09. The first-order valence-electron chi connectivity index (χ1n) is 21.4. The molecule has 12 rings (SSSR count). The molecule has 12 aromatic rings. The van der Waals surface area contributed by atoms with Crippen molar-refractivity contribution in [3.8, 4) is 78.4 Å². The molecule has 2 heterocycles. The second-order valence-electron chi connectivity index (χ2n) is 16.2. The van der Waals surface area contributed by atoms with Gasteiger partial charge in [-0.1, -0.05) is 170 Å². The average molecular weight is 803 g/mol. The second kappa shape index (κ2) is 15.3. The summed E-state index contributed by atoms with van der Waals surface area (Å²) in [5.41, 5.74) is 15.8. The molecular weight excluding hydrogens is 765 g/mol. The van der Waals surface area contributed by atoms with E-state index in [1.54, 1.807) is 0 Å². The fraction of sp³-hybridized carbons (Fsp3) is 0. The van der Waals surface area contributed by atoms with Crippen molar-refractivity contribution in [1.82, 2.24) is 9.97 Å². The van der Waals surface area contributed by atoms with Crippen LogP contribution in [0.25, 0.3) is 122 Å². The Bertz CT molecular complexity index is 3650. The van der Waals surface area contributed by atoms with Crippen LogP contribution in [0.15, 0.2) is 235 Å². The van der Waals surface area contributed by atoms with Gasteiger partial charge in [0.1, 0.15) is 11.2 Å². The molecule has 63 heavy (non-hydrogen) atoms. The number of benzene rings is 10. The topological polar surface area (TPSA) is 38.9 Å². The molecule has 294 valence electrons. The van der Waals surface area contributed by atoms with Crippen molar-refractivity contribution in [2.75, 3.05) is 0 Å². The lowest BCUT2D eigenvalue weighted by Gasteiger charge is -2.15. The summed E-state index contributed by atoms with van der Waals surface area (Å²) in [5, 5.41) is 7.01. The van der Waals surface area contributed by atoms with E-state index < -0.39 is 0 Å². The van der Waals surface area contributed by atoms with Crippen LogP contribution in [0.4, 0.5) is 0 Å². The van der Waals surface area contributed by atoms with Gasteiger partial charge < -0.3 is 4.42 Å². The van der Waals surface area contributed by atoms with Gasteiger partial charge in [0.05, 0.1) is 11.4 Å². The van der Waals surface area contributed by atoms with Gasteiger partial charge in [-0.25, -0.2) is 9.97 Å². The van der Waals surface area contributed by atoms with Gasteiger partial charge in [0.25, 0.3) is 0 Å². The molecule has 0 aliphatic carbocycles. The second-order valence-corrected chi connectivity index (χ2v) is 16.2. The SMILES string of the molecule is c1ccc(-c2cc(-c3ccc(-c4nc(-c5ccccc5)cc(-c5ccc6oc7ccc8ccccc8c7c6c5)n4)cc3)cc(-c3cc(-c4ccccc4)c4ccccc4c3)c2)cc1. The van der Waals surface area contributed by atoms with Gasteiger partial charge in [-0.3, -0.25) is 0 Å². The maximum Gasteiger partial charge on any atom is 0.160 e. The number of fused-ring (bicyclic) bond motifs is 6. The lowest BCUT2D eigenvalue weighted by Crippen LogP contribution is -1.96. The van der Waals surface area contributed by atoms with E-state index in [0.29, 0.717) is 5.82 Å². The summed E-state index contributed by atoms with van der Waals surface area (Å²) in [6.45, 7) is 0. The molecule has 0 aliphatic heterocycles. The lowest BCUT2D eigenvalue weighted by atomic mass is 9.89. The van der Waals surface area contributed by atoms with E-state index in [4.69, 9.17) is 14.4 Å². The first-order valence-corrected chi connectivity index (χ1v) is 21.4. The molecule has 0 bridgehead atoms. The molecule has 0 amide bonds. The minimum atomic E-state index is 0.670. The highest BCUT2D eigenvalue weighted by Gasteiger charge is 2.16. The van der Waals surface area contributed by atoms with E-state index in [1.165, 1.54) is 49.4 Å². The minimum absolute atomic E-state index is 0.670. The van der Waals surface area contributed by atoms with Gasteiger partial charge in [-0.05, 0) is 127 Å². The molecule has 0 atom stereocenters. The highest BCUT2D eigenvalue weighted by Crippen LogP contribution is 2.40. The van der Waals surface area contributed by atoms with Crippen molar-refractivity contribution in [3.05, 3.63) is 231 Å². The van der Waals surface area contributed by atoms with Crippen LogP contribution in [0, 0.1) is 0 Å². The third-order valence-electron chi connectivity index (χ3n) is 12.2. The molecule has 0 saturated heterocycles. The summed E-state index contributed by atoms with van der Waals surface area (Å²) in [7, 11) is 0. The minimum Gasteiger partial charge on any atom is -0.456 e. The van der Waals surface area contributed by atoms with Gasteiger partial charge in [0, 0.05) is 27.5 Å². The first kappa shape index (κ1) is 36.5. The standard InChI is InChI=1S/C60H38N2O/c1-4-14-39(15-5-1)47-33-48(35-49(34-47)50-32-45-21-11-12-22-51(45)53(37-50)41-16-6-2-7-17-41)40-24-26-44(27-25-40)60-61-55(43-19-8-3-9-20-43)38-56(62-60)46-29-30-57-54(36-46)59-52-23-13-10-18-42(52)28-31-58(59)63-57/h1-38H. The van der Waals surface area contributed by atoms with Crippen molar-refractivity contribution in [2.24, 2.45) is 0 Å². The van der Waals surface area contributed by atoms with E-state index in [2.05, 4.69) is 224 Å². The molecule has 0 unspecified atom stereocenters. The predicted octanol–water partition coefficient (Wildman–Crippen LogP) is 16.4. The van der Waals surface area contributed by atoms with Crippen LogP contribution >= 0.6 is 0 Å². The largest absolute Gasteiger partial charge is 0.456 e. The van der Waals surface area contributed by atoms with E-state index in [0.717, 1.165) is 66.7 Å². The molecule has 2 aromatic heterocycles. The van der Waals surface area contributed by atoms with Gasteiger partial charge >= 0.3 is 0 Å². The molecule has 0 radical (unpaired) electrons. The van der Waals surface area contributed by atoms with Gasteiger partial charge in [0.15, 0.2) is 5.82 Å². The maximum absolute atomic E-state index is 6.36. The van der Waals surface area contributed by atoms with E-state index in [-0.39, 0.29) is 0 Å². The molecule has 3 nitrogen and oxygen atoms in total. The van der Waals surface area contributed by atoms with E-state index in [9.17, 15) is 0 Å². The number of nitrogens with zero attached hydrogens (tertiary/aromatic N) is 2. The predicted molar refractivity (Wildman–Crippen MR) is 262 cm³/mol. The monoisotopic (exact) mass is 802 g/mol. The summed E-state index contributed by atoms with van der Waals surface area (Å²) in [6, 6.07) is 81.9. The number of rotatable bonds is 7. The lowest BCUT2D eigenvalue weighted by molar-refractivity contribution is 0.669. The van der Waals surface area contributed by atoms with Crippen LogP contribution in [0.2, 0.25) is 0 Å². The smallest absolute Gasteiger partial charge is 0.160 e. The molecule has 0 spiro atoms. The van der Waals surface area contributed by atoms with Crippen molar-refractivity contribution < 1.29 is 4.42 Å². The van der Waals surface area contributed by atoms with Gasteiger partial charge in [0.2, 0.25) is 0 Å². The number of aromatic nitrogens is 2. The number of hydrogen-bond donors (Lipinski definition) is 0. The third-order valence-corrected chi connectivity index (χ3v) is 12.2. The van der Waals surface area contributed by atoms with Crippen LogP contribution < -0.4 is 0 Å². The highest BCUT2D eigenvalue weighted by atomic mass is 16.3. The summed E-state index contributed by atoms with van der Waals surface area (Å²) >= 11 is 0. The quantitative estimate of drug-likeness (QED) is 0.161. The zero-order chi connectivity index (χ0) is 41.7. The Labute approximate surface area is 365 Å². The Kier molecular flexibility index (Phi) is 8.83. The van der Waals surface area contributed by atoms with Crippen molar-refractivity contribution in [1.29, 1.82) is 0 Å². The van der Waals surface area contributed by atoms with Crippen LogP contribution in [0.1, 0.15) is 0 Å². The molecule has 0 N–H and O–H groups in total. The molecule has 0 fully saturated rings. The van der Waals surface area contributed by atoms with Crippen molar-refractivity contribution >= 4 is 43.5 Å². The number of hydrogen-bond acceptors (Lipinski definition) is 3. The van der Waals surface area contributed by atoms with Gasteiger partial charge in [-0.2, -0.15) is 0 Å². The molecular formula is C60H38N2O. The zero-order valence-corrected chi connectivity index (χ0v) is 34.2. The molecule has 0 saturated carbocycles. The molecule has 3 heteroatoms. The van der Waals surface area contributed by atoms with Crippen LogP contribution in [-0.4, -0.2) is 9.97 Å². The average Bonchev–Trinajstić information content (AvgIpc) is 3.75. The Morgan fingerprint density at radius 2 is 0.778 bits per heavy atom. The summed E-state index contributed by atoms with van der Waals surface area (Å²) in [6.07, 6.45) is 0. The van der Waals surface area contributed by atoms with Crippen LogP contribution in [0.3, 0.4) is 0 Å².